The Balaban J connectivity index is 2.49. The fraction of sp³-hybridized carbons (Fsp3) is 0.300. The van der Waals surface area contributed by atoms with Gasteiger partial charge in [0.25, 0.3) is 0 Å². The molecule has 0 unspecified atom stereocenters. The van der Waals surface area contributed by atoms with Crippen LogP contribution < -0.4 is 4.23 Å². The van der Waals surface area contributed by atoms with E-state index in [2.05, 4.69) is 98.1 Å². The predicted octanol–water partition coefficient (Wildman–Crippen LogP) is 6.47. The van der Waals surface area contributed by atoms with E-state index < -0.39 is 16.5 Å². The van der Waals surface area contributed by atoms with Gasteiger partial charge in [0.15, 0.2) is 0 Å². The van der Waals surface area contributed by atoms with E-state index in [0.29, 0.717) is 0 Å². The van der Waals surface area contributed by atoms with Gasteiger partial charge in [-0.1, -0.05) is 87.8 Å². The summed E-state index contributed by atoms with van der Waals surface area (Å²) >= 11 is 0. The zero-order chi connectivity index (χ0) is 16.8. The Kier molecular flexibility index (Phi) is 3.89. The van der Waals surface area contributed by atoms with Crippen LogP contribution in [0.4, 0.5) is 5.69 Å². The SMILES string of the molecule is C[Si](C)(C)N(c1c2ccccc2cc2ccccc12)[Si](C)(C)C. The van der Waals surface area contributed by atoms with Gasteiger partial charge in [0.05, 0.1) is 0 Å². The zero-order valence-electron chi connectivity index (χ0n) is 15.1. The molecule has 1 nitrogen and oxygen atoms in total. The summed E-state index contributed by atoms with van der Waals surface area (Å²) in [5.74, 6) is 0. The predicted molar refractivity (Wildman–Crippen MR) is 111 cm³/mol. The molecule has 0 saturated carbocycles. The van der Waals surface area contributed by atoms with Crippen LogP contribution in [0.3, 0.4) is 0 Å². The van der Waals surface area contributed by atoms with Crippen LogP contribution in [0.5, 0.6) is 0 Å². The first kappa shape index (κ1) is 16.3. The van der Waals surface area contributed by atoms with Crippen LogP contribution in [-0.4, -0.2) is 16.5 Å². The Morgan fingerprint density at radius 2 is 1.00 bits per heavy atom. The molecular weight excluding hydrogens is 310 g/mol. The molecule has 0 heterocycles. The Hall–Kier alpha value is -1.59. The monoisotopic (exact) mass is 337 g/mol. The smallest absolute Gasteiger partial charge is 0.138 e. The van der Waals surface area contributed by atoms with Crippen LogP contribution in [-0.2, 0) is 0 Å². The van der Waals surface area contributed by atoms with Gasteiger partial charge in [-0.25, -0.2) is 0 Å². The topological polar surface area (TPSA) is 3.24 Å². The van der Waals surface area contributed by atoms with Gasteiger partial charge in [0, 0.05) is 16.5 Å². The second kappa shape index (κ2) is 5.50. The number of nitrogens with zero attached hydrogens (tertiary/aromatic N) is 1. The molecule has 0 bridgehead atoms. The first-order valence-corrected chi connectivity index (χ1v) is 15.3. The fourth-order valence-corrected chi connectivity index (χ4v) is 13.8. The van der Waals surface area contributed by atoms with Crippen molar-refractivity contribution in [3.8, 4) is 0 Å². The highest BCUT2D eigenvalue weighted by Crippen LogP contribution is 2.40. The highest BCUT2D eigenvalue weighted by atomic mass is 28.4. The molecule has 0 aliphatic carbocycles. The molecule has 120 valence electrons. The highest BCUT2D eigenvalue weighted by molar-refractivity contribution is 6.99. The van der Waals surface area contributed by atoms with Crippen LogP contribution in [0.25, 0.3) is 21.5 Å². The lowest BCUT2D eigenvalue weighted by molar-refractivity contribution is 1.38. The maximum Gasteiger partial charge on any atom is 0.138 e. The molecule has 0 amide bonds. The van der Waals surface area contributed by atoms with Crippen LogP contribution in [0.2, 0.25) is 39.3 Å². The lowest BCUT2D eigenvalue weighted by Gasteiger charge is -2.47. The van der Waals surface area contributed by atoms with Crippen molar-refractivity contribution in [1.29, 1.82) is 0 Å². The third-order valence-electron chi connectivity index (χ3n) is 4.31. The van der Waals surface area contributed by atoms with Crippen molar-refractivity contribution in [2.75, 3.05) is 4.23 Å². The average molecular weight is 338 g/mol. The summed E-state index contributed by atoms with van der Waals surface area (Å²) in [6.45, 7) is 14.8. The third-order valence-corrected chi connectivity index (χ3v) is 11.5. The Labute approximate surface area is 142 Å². The number of anilines is 1. The fourth-order valence-electron chi connectivity index (χ4n) is 3.91. The normalized spacial score (nSPS) is 12.8. The summed E-state index contributed by atoms with van der Waals surface area (Å²) in [7, 11) is -3.00. The van der Waals surface area contributed by atoms with E-state index in [9.17, 15) is 0 Å². The molecule has 0 atom stereocenters. The highest BCUT2D eigenvalue weighted by Gasteiger charge is 2.36. The van der Waals surface area contributed by atoms with Crippen LogP contribution in [0.1, 0.15) is 0 Å². The van der Waals surface area contributed by atoms with E-state index >= 15 is 0 Å². The molecule has 3 aromatic rings. The lowest BCUT2D eigenvalue weighted by Crippen LogP contribution is -2.59. The summed E-state index contributed by atoms with van der Waals surface area (Å²) in [5.41, 5.74) is 1.47. The van der Waals surface area contributed by atoms with Crippen LogP contribution in [0, 0.1) is 0 Å². The standard InChI is InChI=1S/C20H27NSi2/c1-22(2,3)21(23(4,5)6)20-18-13-9-7-11-16(18)15-17-12-8-10-14-19(17)20/h7-15H,1-6H3. The maximum atomic E-state index is 2.85. The van der Waals surface area contributed by atoms with Gasteiger partial charge in [-0.2, -0.15) is 0 Å². The van der Waals surface area contributed by atoms with Crippen molar-refractivity contribution in [2.45, 2.75) is 39.3 Å². The van der Waals surface area contributed by atoms with Crippen molar-refractivity contribution >= 4 is 43.7 Å². The van der Waals surface area contributed by atoms with E-state index in [1.165, 1.54) is 27.2 Å². The molecule has 0 aliphatic rings. The van der Waals surface area contributed by atoms with Crippen molar-refractivity contribution in [3.05, 3.63) is 54.6 Å². The minimum Gasteiger partial charge on any atom is -0.424 e. The zero-order valence-corrected chi connectivity index (χ0v) is 17.1. The molecule has 0 aliphatic heterocycles. The average Bonchev–Trinajstić information content (AvgIpc) is 2.44. The van der Waals surface area contributed by atoms with Crippen molar-refractivity contribution in [1.82, 2.24) is 0 Å². The number of hydrogen-bond acceptors (Lipinski definition) is 1. The van der Waals surface area contributed by atoms with E-state index in [1.54, 1.807) is 0 Å². The van der Waals surface area contributed by atoms with Gasteiger partial charge < -0.3 is 4.23 Å². The Bertz CT molecular complexity index is 789. The van der Waals surface area contributed by atoms with Crippen molar-refractivity contribution in [3.63, 3.8) is 0 Å². The Morgan fingerprint density at radius 3 is 1.39 bits per heavy atom. The van der Waals surface area contributed by atoms with Crippen LogP contribution in [0.15, 0.2) is 54.6 Å². The first-order chi connectivity index (χ1) is 10.7. The van der Waals surface area contributed by atoms with E-state index in [1.807, 2.05) is 0 Å². The first-order valence-electron chi connectivity index (χ1n) is 8.40. The number of fused-ring (bicyclic) bond motifs is 2. The molecule has 3 aromatic carbocycles. The summed E-state index contributed by atoms with van der Waals surface area (Å²) in [6, 6.07) is 20.1. The molecule has 0 N–H and O–H groups in total. The molecule has 3 heteroatoms. The maximum absolute atomic E-state index is 2.85. The van der Waals surface area contributed by atoms with Gasteiger partial charge in [0.2, 0.25) is 0 Å². The van der Waals surface area contributed by atoms with Gasteiger partial charge >= 0.3 is 0 Å². The van der Waals surface area contributed by atoms with Gasteiger partial charge in [0.1, 0.15) is 16.5 Å². The molecule has 0 saturated heterocycles. The molecule has 0 spiro atoms. The summed E-state index contributed by atoms with van der Waals surface area (Å²) in [5, 5.41) is 5.50. The quantitative estimate of drug-likeness (QED) is 0.391. The summed E-state index contributed by atoms with van der Waals surface area (Å²) < 4.78 is 2.85. The largest absolute Gasteiger partial charge is 0.424 e. The van der Waals surface area contributed by atoms with Gasteiger partial charge in [-0.05, 0) is 16.8 Å². The summed E-state index contributed by atoms with van der Waals surface area (Å²) in [6.07, 6.45) is 0. The van der Waals surface area contributed by atoms with Gasteiger partial charge in [-0.3, -0.25) is 0 Å². The van der Waals surface area contributed by atoms with Crippen molar-refractivity contribution < 1.29 is 0 Å². The number of benzene rings is 3. The van der Waals surface area contributed by atoms with E-state index in [-0.39, 0.29) is 0 Å². The molecule has 0 aromatic heterocycles. The molecule has 23 heavy (non-hydrogen) atoms. The van der Waals surface area contributed by atoms with Crippen molar-refractivity contribution in [2.24, 2.45) is 0 Å². The lowest BCUT2D eigenvalue weighted by atomic mass is 10.0. The molecule has 0 radical (unpaired) electrons. The van der Waals surface area contributed by atoms with Crippen LogP contribution >= 0.6 is 0 Å². The molecule has 0 fully saturated rings. The second-order valence-electron chi connectivity index (χ2n) is 8.34. The minimum absolute atomic E-state index is 1.35. The third kappa shape index (κ3) is 2.95. The summed E-state index contributed by atoms with van der Waals surface area (Å²) in [4.78, 5) is 0. The number of hydrogen-bond donors (Lipinski definition) is 0. The molecular formula is C20H27NSi2. The second-order valence-corrected chi connectivity index (χ2v) is 18.4. The van der Waals surface area contributed by atoms with E-state index in [4.69, 9.17) is 0 Å². The minimum atomic E-state index is -1.50. The number of rotatable bonds is 3. The van der Waals surface area contributed by atoms with Gasteiger partial charge in [-0.15, -0.1) is 0 Å². The molecule has 3 rings (SSSR count). The Morgan fingerprint density at radius 1 is 0.609 bits per heavy atom. The van der Waals surface area contributed by atoms with E-state index in [0.717, 1.165) is 0 Å².